The van der Waals surface area contributed by atoms with Gasteiger partial charge in [-0.3, -0.25) is 4.79 Å². The first kappa shape index (κ1) is 13.8. The van der Waals surface area contributed by atoms with Crippen molar-refractivity contribution in [3.63, 3.8) is 0 Å². The molecule has 1 aliphatic heterocycles. The molecule has 0 unspecified atom stereocenters. The second-order valence-corrected chi connectivity index (χ2v) is 7.13. The number of carbonyl (C=O) groups excluding carboxylic acids is 1. The molecule has 6 heteroatoms. The molecule has 104 valence electrons. The van der Waals surface area contributed by atoms with Gasteiger partial charge in [0.15, 0.2) is 0 Å². The topological polar surface area (TPSA) is 49.3 Å². The van der Waals surface area contributed by atoms with E-state index in [1.165, 1.54) is 16.5 Å². The van der Waals surface area contributed by atoms with Gasteiger partial charge in [-0.15, -0.1) is 11.3 Å². The minimum absolute atomic E-state index is 0.0358. The molecular weight excluding hydrogens is 314 g/mol. The maximum absolute atomic E-state index is 12.2. The summed E-state index contributed by atoms with van der Waals surface area (Å²) in [5.41, 5.74) is 1.81. The molecule has 0 fully saturated rings. The Kier molecular flexibility index (Phi) is 3.92. The van der Waals surface area contributed by atoms with Gasteiger partial charge in [-0.05, 0) is 35.9 Å². The van der Waals surface area contributed by atoms with Gasteiger partial charge in [-0.25, -0.2) is 0 Å². The number of thioether (sulfide) groups is 1. The number of hydrogen-bond acceptors (Lipinski definition) is 4. The summed E-state index contributed by atoms with van der Waals surface area (Å²) in [6.07, 6.45) is 1.04. The molecule has 0 saturated heterocycles. The molecule has 2 heterocycles. The number of phenols is 1. The molecule has 2 aromatic rings. The van der Waals surface area contributed by atoms with E-state index in [9.17, 15) is 9.90 Å². The lowest BCUT2D eigenvalue weighted by molar-refractivity contribution is 0.103. The number of carbonyl (C=O) groups is 1. The second-order valence-electron chi connectivity index (χ2n) is 4.48. The van der Waals surface area contributed by atoms with Gasteiger partial charge in [0.1, 0.15) is 5.75 Å². The fourth-order valence-corrected chi connectivity index (χ4v) is 4.43. The van der Waals surface area contributed by atoms with Crippen molar-refractivity contribution in [2.45, 2.75) is 12.2 Å². The largest absolute Gasteiger partial charge is 0.506 e. The van der Waals surface area contributed by atoms with Crippen molar-refractivity contribution in [1.82, 2.24) is 0 Å². The second kappa shape index (κ2) is 5.68. The zero-order chi connectivity index (χ0) is 14.1. The predicted octanol–water partition coefficient (Wildman–Crippen LogP) is 4.15. The van der Waals surface area contributed by atoms with Gasteiger partial charge in [-0.2, -0.15) is 11.8 Å². The van der Waals surface area contributed by atoms with Crippen LogP contribution in [-0.4, -0.2) is 16.8 Å². The molecule has 0 aliphatic carbocycles. The van der Waals surface area contributed by atoms with Crippen LogP contribution in [0.15, 0.2) is 24.3 Å². The van der Waals surface area contributed by atoms with Gasteiger partial charge in [0.05, 0.1) is 9.90 Å². The predicted molar refractivity (Wildman–Crippen MR) is 85.3 cm³/mol. The van der Waals surface area contributed by atoms with Crippen LogP contribution in [0.25, 0.3) is 0 Å². The van der Waals surface area contributed by atoms with Gasteiger partial charge in [0, 0.05) is 22.4 Å². The molecule has 0 bridgehead atoms. The Morgan fingerprint density at radius 1 is 1.35 bits per heavy atom. The molecule has 1 amide bonds. The Hall–Kier alpha value is -1.17. The number of phenolic OH excluding ortho intramolecular Hbond substituents is 1. The number of thiophene rings is 1. The van der Waals surface area contributed by atoms with E-state index in [0.717, 1.165) is 17.9 Å². The lowest BCUT2D eigenvalue weighted by atomic mass is 10.2. The number of aryl methyl sites for hydroxylation is 1. The van der Waals surface area contributed by atoms with Crippen LogP contribution in [-0.2, 0) is 12.2 Å². The first-order valence-electron chi connectivity index (χ1n) is 6.12. The lowest BCUT2D eigenvalue weighted by Gasteiger charge is -2.08. The Labute approximate surface area is 130 Å². The number of aromatic hydroxyl groups is 1. The normalized spacial score (nSPS) is 13.8. The van der Waals surface area contributed by atoms with Crippen LogP contribution in [0.3, 0.4) is 0 Å². The highest BCUT2D eigenvalue weighted by atomic mass is 35.5. The van der Waals surface area contributed by atoms with Gasteiger partial charge >= 0.3 is 0 Å². The van der Waals surface area contributed by atoms with Crippen molar-refractivity contribution in [2.75, 3.05) is 11.1 Å². The minimum atomic E-state index is -0.142. The summed E-state index contributed by atoms with van der Waals surface area (Å²) in [6.45, 7) is 0. The van der Waals surface area contributed by atoms with E-state index in [4.69, 9.17) is 11.6 Å². The molecular formula is C14H12ClNO2S2. The number of hydrogen-bond donors (Lipinski definition) is 2. The van der Waals surface area contributed by atoms with Crippen LogP contribution in [0.4, 0.5) is 5.69 Å². The number of benzene rings is 1. The van der Waals surface area contributed by atoms with Crippen LogP contribution in [0.2, 0.25) is 5.02 Å². The van der Waals surface area contributed by atoms with Gasteiger partial charge in [-0.1, -0.05) is 11.6 Å². The number of rotatable bonds is 2. The van der Waals surface area contributed by atoms with E-state index >= 15 is 0 Å². The molecule has 0 spiro atoms. The van der Waals surface area contributed by atoms with Gasteiger partial charge in [0.2, 0.25) is 0 Å². The number of nitrogens with one attached hydrogen (secondary N) is 1. The van der Waals surface area contributed by atoms with Crippen molar-refractivity contribution in [3.05, 3.63) is 44.6 Å². The SMILES string of the molecule is O=C(Nc1ccc(Cl)c(O)c1)c1cc2c(s1)CCSC2. The number of amides is 1. The van der Waals surface area contributed by atoms with Crippen LogP contribution in [0.1, 0.15) is 20.1 Å². The van der Waals surface area contributed by atoms with Crippen LogP contribution in [0, 0.1) is 0 Å². The molecule has 0 atom stereocenters. The highest BCUT2D eigenvalue weighted by molar-refractivity contribution is 7.98. The summed E-state index contributed by atoms with van der Waals surface area (Å²) in [7, 11) is 0. The quantitative estimate of drug-likeness (QED) is 0.872. The van der Waals surface area contributed by atoms with Crippen molar-refractivity contribution >= 4 is 46.3 Å². The third-order valence-corrected chi connectivity index (χ3v) is 5.62. The summed E-state index contributed by atoms with van der Waals surface area (Å²) in [5.74, 6) is 1.93. The molecule has 20 heavy (non-hydrogen) atoms. The summed E-state index contributed by atoms with van der Waals surface area (Å²) in [5, 5.41) is 12.6. The van der Waals surface area contributed by atoms with Crippen molar-refractivity contribution < 1.29 is 9.90 Å². The first-order valence-corrected chi connectivity index (χ1v) is 8.47. The Morgan fingerprint density at radius 2 is 2.20 bits per heavy atom. The summed E-state index contributed by atoms with van der Waals surface area (Å²) < 4.78 is 0. The van der Waals surface area contributed by atoms with E-state index in [1.54, 1.807) is 23.5 Å². The average molecular weight is 326 g/mol. The third-order valence-electron chi connectivity index (χ3n) is 3.06. The standard InChI is InChI=1S/C14H12ClNO2S2/c15-10-2-1-9(6-11(10)17)16-14(18)13-5-8-7-19-4-3-12(8)20-13/h1-2,5-6,17H,3-4,7H2,(H,16,18). The van der Waals surface area contributed by atoms with Crippen molar-refractivity contribution in [3.8, 4) is 5.75 Å². The van der Waals surface area contributed by atoms with Gasteiger partial charge in [0.25, 0.3) is 5.91 Å². The zero-order valence-electron chi connectivity index (χ0n) is 10.5. The number of fused-ring (bicyclic) bond motifs is 1. The van der Waals surface area contributed by atoms with Crippen LogP contribution >= 0.6 is 34.7 Å². The smallest absolute Gasteiger partial charge is 0.265 e. The maximum atomic E-state index is 12.2. The average Bonchev–Trinajstić information content (AvgIpc) is 2.87. The minimum Gasteiger partial charge on any atom is -0.506 e. The van der Waals surface area contributed by atoms with Crippen molar-refractivity contribution in [1.29, 1.82) is 0 Å². The molecule has 2 N–H and O–H groups in total. The van der Waals surface area contributed by atoms with E-state index in [-0.39, 0.29) is 16.7 Å². The molecule has 1 aromatic heterocycles. The number of anilines is 1. The summed E-state index contributed by atoms with van der Waals surface area (Å²) >= 11 is 9.19. The monoisotopic (exact) mass is 325 g/mol. The van der Waals surface area contributed by atoms with E-state index < -0.39 is 0 Å². The summed E-state index contributed by atoms with van der Waals surface area (Å²) in [4.78, 5) is 14.2. The maximum Gasteiger partial charge on any atom is 0.265 e. The van der Waals surface area contributed by atoms with E-state index in [1.807, 2.05) is 17.8 Å². The van der Waals surface area contributed by atoms with Crippen molar-refractivity contribution in [2.24, 2.45) is 0 Å². The molecule has 0 saturated carbocycles. The third kappa shape index (κ3) is 2.80. The Balaban J connectivity index is 1.78. The molecule has 3 rings (SSSR count). The molecule has 3 nitrogen and oxygen atoms in total. The van der Waals surface area contributed by atoms with E-state index in [0.29, 0.717) is 10.6 Å². The summed E-state index contributed by atoms with van der Waals surface area (Å²) in [6, 6.07) is 6.65. The fourth-order valence-electron chi connectivity index (χ4n) is 2.04. The lowest BCUT2D eigenvalue weighted by Crippen LogP contribution is -2.09. The Morgan fingerprint density at radius 3 is 2.95 bits per heavy atom. The van der Waals surface area contributed by atoms with E-state index in [2.05, 4.69) is 5.32 Å². The van der Waals surface area contributed by atoms with Crippen LogP contribution < -0.4 is 5.32 Å². The number of halogens is 1. The fraction of sp³-hybridized carbons (Fsp3) is 0.214. The first-order chi connectivity index (χ1) is 9.63. The highest BCUT2D eigenvalue weighted by Crippen LogP contribution is 2.32. The Bertz CT molecular complexity index is 646. The molecule has 1 aliphatic rings. The van der Waals surface area contributed by atoms with Gasteiger partial charge < -0.3 is 10.4 Å². The zero-order valence-corrected chi connectivity index (χ0v) is 12.9. The molecule has 1 aromatic carbocycles. The molecule has 0 radical (unpaired) electrons. The highest BCUT2D eigenvalue weighted by Gasteiger charge is 2.17. The van der Waals surface area contributed by atoms with Crippen LogP contribution in [0.5, 0.6) is 5.75 Å².